The van der Waals surface area contributed by atoms with Crippen LogP contribution in [0.1, 0.15) is 67.7 Å². The van der Waals surface area contributed by atoms with Gasteiger partial charge in [0, 0.05) is 24.3 Å². The highest BCUT2D eigenvalue weighted by Gasteiger charge is 2.42. The molecule has 2 heterocycles. The summed E-state index contributed by atoms with van der Waals surface area (Å²) in [6, 6.07) is 14.6. The lowest BCUT2D eigenvalue weighted by Crippen LogP contribution is -2.31. The van der Waals surface area contributed by atoms with Gasteiger partial charge in [-0.1, -0.05) is 37.6 Å². The lowest BCUT2D eigenvalue weighted by molar-refractivity contribution is 0.0601. The summed E-state index contributed by atoms with van der Waals surface area (Å²) in [6.07, 6.45) is 2.91. The summed E-state index contributed by atoms with van der Waals surface area (Å²) in [5, 5.41) is 17.9. The number of aromatic amines is 1. The number of unbranched alkanes of at least 4 members (excludes halogenated alkanes) is 1. The molecule has 7 nitrogen and oxygen atoms in total. The third-order valence-electron chi connectivity index (χ3n) is 5.96. The molecule has 0 aliphatic carbocycles. The van der Waals surface area contributed by atoms with Crippen molar-refractivity contribution in [1.29, 1.82) is 0 Å². The van der Waals surface area contributed by atoms with Crippen LogP contribution in [0, 0.1) is 0 Å². The molecule has 0 saturated carbocycles. The number of rotatable bonds is 11. The van der Waals surface area contributed by atoms with Crippen molar-refractivity contribution >= 4 is 5.91 Å². The Balaban J connectivity index is 1.72. The number of hydrogen-bond donors (Lipinski definition) is 2. The summed E-state index contributed by atoms with van der Waals surface area (Å²) >= 11 is 0. The van der Waals surface area contributed by atoms with Gasteiger partial charge in [0.15, 0.2) is 0 Å². The number of carbonyl (C=O) groups is 1. The van der Waals surface area contributed by atoms with E-state index in [2.05, 4.69) is 17.1 Å². The smallest absolute Gasteiger partial charge is 0.273 e. The molecule has 7 heteroatoms. The molecular formula is C27H33N3O4. The standard InChI is InChI=1S/C27H33N3O4/c1-4-5-15-34-20-11-8-10-19(17-20)26-23-24(21-12-6-7-13-22(21)31)28-29-25(23)27(32)30(26)14-9-16-33-18(2)3/h6-8,10-13,17-18,26,31H,4-5,9,14-16H2,1-3H3,(H,28,29)/t26-/m0/s1. The first-order valence-electron chi connectivity index (χ1n) is 12.0. The van der Waals surface area contributed by atoms with Crippen LogP contribution in [0.3, 0.4) is 0 Å². The summed E-state index contributed by atoms with van der Waals surface area (Å²) in [4.78, 5) is 15.3. The van der Waals surface area contributed by atoms with Gasteiger partial charge in [0.05, 0.1) is 18.8 Å². The minimum Gasteiger partial charge on any atom is -0.507 e. The summed E-state index contributed by atoms with van der Waals surface area (Å²) in [5.41, 5.74) is 3.37. The van der Waals surface area contributed by atoms with E-state index in [1.54, 1.807) is 12.1 Å². The fraction of sp³-hybridized carbons (Fsp3) is 0.407. The molecule has 0 unspecified atom stereocenters. The van der Waals surface area contributed by atoms with Crippen LogP contribution in [-0.4, -0.2) is 52.0 Å². The molecule has 0 radical (unpaired) electrons. The van der Waals surface area contributed by atoms with Crippen molar-refractivity contribution in [3.05, 3.63) is 65.4 Å². The van der Waals surface area contributed by atoms with Gasteiger partial charge in [0.1, 0.15) is 22.9 Å². The van der Waals surface area contributed by atoms with Crippen molar-refractivity contribution in [2.75, 3.05) is 19.8 Å². The molecule has 1 aliphatic rings. The molecule has 2 N–H and O–H groups in total. The topological polar surface area (TPSA) is 87.7 Å². The van der Waals surface area contributed by atoms with Crippen LogP contribution < -0.4 is 4.74 Å². The number of fused-ring (bicyclic) bond motifs is 1. The molecule has 1 aromatic heterocycles. The van der Waals surface area contributed by atoms with Crippen LogP contribution in [0.5, 0.6) is 11.5 Å². The molecule has 34 heavy (non-hydrogen) atoms. The van der Waals surface area contributed by atoms with Gasteiger partial charge >= 0.3 is 0 Å². The number of ether oxygens (including phenoxy) is 2. The molecular weight excluding hydrogens is 430 g/mol. The fourth-order valence-corrected chi connectivity index (χ4v) is 4.32. The van der Waals surface area contributed by atoms with Gasteiger partial charge in [-0.15, -0.1) is 0 Å². The molecule has 0 saturated heterocycles. The predicted octanol–water partition coefficient (Wildman–Crippen LogP) is 5.32. The van der Waals surface area contributed by atoms with Gasteiger partial charge in [0.2, 0.25) is 0 Å². The summed E-state index contributed by atoms with van der Waals surface area (Å²) in [5.74, 6) is 0.807. The van der Waals surface area contributed by atoms with Crippen molar-refractivity contribution in [3.63, 3.8) is 0 Å². The first-order chi connectivity index (χ1) is 16.5. The largest absolute Gasteiger partial charge is 0.507 e. The maximum Gasteiger partial charge on any atom is 0.273 e. The maximum atomic E-state index is 13.5. The minimum absolute atomic E-state index is 0.101. The van der Waals surface area contributed by atoms with E-state index in [9.17, 15) is 9.90 Å². The van der Waals surface area contributed by atoms with E-state index in [-0.39, 0.29) is 23.8 Å². The van der Waals surface area contributed by atoms with Crippen LogP contribution in [0.4, 0.5) is 0 Å². The van der Waals surface area contributed by atoms with Gasteiger partial charge in [-0.25, -0.2) is 0 Å². The van der Waals surface area contributed by atoms with Crippen LogP contribution >= 0.6 is 0 Å². The first-order valence-corrected chi connectivity index (χ1v) is 12.0. The molecule has 2 aromatic carbocycles. The summed E-state index contributed by atoms with van der Waals surface area (Å²) in [7, 11) is 0. The molecule has 0 fully saturated rings. The third-order valence-corrected chi connectivity index (χ3v) is 5.96. The lowest BCUT2D eigenvalue weighted by Gasteiger charge is -2.27. The second-order valence-electron chi connectivity index (χ2n) is 8.83. The molecule has 0 bridgehead atoms. The Kier molecular flexibility index (Phi) is 7.53. The lowest BCUT2D eigenvalue weighted by atomic mass is 9.95. The fourth-order valence-electron chi connectivity index (χ4n) is 4.32. The SMILES string of the molecule is CCCCOc1cccc([C@H]2c3c(-c4ccccc4O)n[nH]c3C(=O)N2CCCOC(C)C)c1. The monoisotopic (exact) mass is 463 g/mol. The van der Waals surface area contributed by atoms with Gasteiger partial charge in [-0.2, -0.15) is 5.10 Å². The molecule has 1 atom stereocenters. The average Bonchev–Trinajstić information content (AvgIpc) is 3.36. The number of hydrogen-bond acceptors (Lipinski definition) is 5. The number of para-hydroxylation sites is 1. The molecule has 0 spiro atoms. The second-order valence-corrected chi connectivity index (χ2v) is 8.83. The Morgan fingerprint density at radius 2 is 1.94 bits per heavy atom. The van der Waals surface area contributed by atoms with E-state index in [1.807, 2.05) is 55.1 Å². The quantitative estimate of drug-likeness (QED) is 0.376. The Hall–Kier alpha value is -3.32. The van der Waals surface area contributed by atoms with Crippen LogP contribution in [0.15, 0.2) is 48.5 Å². The Labute approximate surface area is 200 Å². The average molecular weight is 464 g/mol. The van der Waals surface area contributed by atoms with Gasteiger partial charge in [-0.05, 0) is 56.5 Å². The van der Waals surface area contributed by atoms with Gasteiger partial charge < -0.3 is 19.5 Å². The van der Waals surface area contributed by atoms with E-state index >= 15 is 0 Å². The zero-order chi connectivity index (χ0) is 24.1. The Bertz CT molecular complexity index is 1120. The molecule has 4 rings (SSSR count). The molecule has 3 aromatic rings. The van der Waals surface area contributed by atoms with Gasteiger partial charge in [-0.3, -0.25) is 9.89 Å². The van der Waals surface area contributed by atoms with Crippen molar-refractivity contribution < 1.29 is 19.4 Å². The number of nitrogens with zero attached hydrogens (tertiary/aromatic N) is 2. The van der Waals surface area contributed by atoms with Crippen LogP contribution in [-0.2, 0) is 4.74 Å². The number of aromatic hydroxyl groups is 1. The number of H-pyrrole nitrogens is 1. The Morgan fingerprint density at radius 3 is 2.71 bits per heavy atom. The van der Waals surface area contributed by atoms with Crippen molar-refractivity contribution in [2.45, 2.75) is 52.2 Å². The number of aromatic nitrogens is 2. The molecule has 1 aliphatic heterocycles. The van der Waals surface area contributed by atoms with Crippen molar-refractivity contribution in [3.8, 4) is 22.8 Å². The number of phenolic OH excluding ortho intramolecular Hbond substituents is 1. The number of carbonyl (C=O) groups excluding carboxylic acids is 1. The normalized spacial score (nSPS) is 15.2. The number of benzene rings is 2. The maximum absolute atomic E-state index is 13.5. The van der Waals surface area contributed by atoms with E-state index < -0.39 is 0 Å². The highest BCUT2D eigenvalue weighted by molar-refractivity contribution is 6.00. The van der Waals surface area contributed by atoms with Crippen molar-refractivity contribution in [1.82, 2.24) is 15.1 Å². The van der Waals surface area contributed by atoms with E-state index in [4.69, 9.17) is 9.47 Å². The zero-order valence-corrected chi connectivity index (χ0v) is 20.1. The number of nitrogens with one attached hydrogen (secondary N) is 1. The summed E-state index contributed by atoms with van der Waals surface area (Å²) in [6.45, 7) is 7.91. The molecule has 1 amide bonds. The molecule has 180 valence electrons. The second kappa shape index (κ2) is 10.7. The highest BCUT2D eigenvalue weighted by atomic mass is 16.5. The van der Waals surface area contributed by atoms with E-state index in [0.29, 0.717) is 36.7 Å². The van der Waals surface area contributed by atoms with E-state index in [1.165, 1.54) is 0 Å². The zero-order valence-electron chi connectivity index (χ0n) is 20.1. The highest BCUT2D eigenvalue weighted by Crippen LogP contribution is 2.44. The number of phenols is 1. The number of amides is 1. The van der Waals surface area contributed by atoms with Crippen LogP contribution in [0.2, 0.25) is 0 Å². The van der Waals surface area contributed by atoms with Crippen molar-refractivity contribution in [2.24, 2.45) is 0 Å². The Morgan fingerprint density at radius 1 is 1.12 bits per heavy atom. The summed E-state index contributed by atoms with van der Waals surface area (Å²) < 4.78 is 11.7. The third kappa shape index (κ3) is 4.94. The first kappa shape index (κ1) is 23.8. The minimum atomic E-state index is -0.343. The van der Waals surface area contributed by atoms with Crippen LogP contribution in [0.25, 0.3) is 11.3 Å². The van der Waals surface area contributed by atoms with Gasteiger partial charge in [0.25, 0.3) is 5.91 Å². The predicted molar refractivity (Wildman–Crippen MR) is 131 cm³/mol. The van der Waals surface area contributed by atoms with E-state index in [0.717, 1.165) is 36.1 Å².